The standard InChI is InChI=1S/C22H38N2O2.CH2O2/c1-3-4-5-6-7-8-9-10-11-12-13-16-24-19-23(2)18-20(24)22(25)21-15-14-17-26-21;2-1-3/h14-15,17-18,22,25H,3-13,16,19H2,1-2H3;1H,(H,2,3). The molecular formula is C23H40N2O4. The van der Waals surface area contributed by atoms with E-state index in [-0.39, 0.29) is 6.47 Å². The van der Waals surface area contributed by atoms with Crippen LogP contribution in [0.15, 0.2) is 34.7 Å². The van der Waals surface area contributed by atoms with Crippen LogP contribution in [0, 0.1) is 0 Å². The van der Waals surface area contributed by atoms with E-state index < -0.39 is 6.10 Å². The summed E-state index contributed by atoms with van der Waals surface area (Å²) in [4.78, 5) is 12.8. The highest BCUT2D eigenvalue weighted by molar-refractivity contribution is 5.32. The molecule has 1 atom stereocenters. The Hall–Kier alpha value is -1.95. The van der Waals surface area contributed by atoms with Crippen LogP contribution in [0.25, 0.3) is 0 Å². The van der Waals surface area contributed by atoms with Crippen LogP contribution in [0.5, 0.6) is 0 Å². The molecule has 2 N–H and O–H groups in total. The van der Waals surface area contributed by atoms with Crippen LogP contribution in [-0.2, 0) is 4.79 Å². The Morgan fingerprint density at radius 2 is 1.62 bits per heavy atom. The lowest BCUT2D eigenvalue weighted by atomic mass is 10.1. The van der Waals surface area contributed by atoms with Crippen molar-refractivity contribution in [2.75, 3.05) is 20.3 Å². The lowest BCUT2D eigenvalue weighted by molar-refractivity contribution is -0.122. The maximum absolute atomic E-state index is 10.5. The van der Waals surface area contributed by atoms with Crippen molar-refractivity contribution in [2.45, 2.75) is 83.7 Å². The molecule has 0 spiro atoms. The average molecular weight is 409 g/mol. The van der Waals surface area contributed by atoms with Gasteiger partial charge in [-0.2, -0.15) is 0 Å². The third kappa shape index (κ3) is 10.4. The molecule has 0 radical (unpaired) electrons. The van der Waals surface area contributed by atoms with Gasteiger partial charge >= 0.3 is 0 Å². The van der Waals surface area contributed by atoms with Crippen molar-refractivity contribution in [1.29, 1.82) is 0 Å². The molecule has 6 nitrogen and oxygen atoms in total. The number of carboxylic acid groups (broad SMARTS) is 1. The van der Waals surface area contributed by atoms with Crippen molar-refractivity contribution in [2.24, 2.45) is 0 Å². The van der Waals surface area contributed by atoms with Gasteiger partial charge < -0.3 is 24.4 Å². The third-order valence-electron chi connectivity index (χ3n) is 5.24. The summed E-state index contributed by atoms with van der Waals surface area (Å²) >= 11 is 0. The normalized spacial score (nSPS) is 14.4. The van der Waals surface area contributed by atoms with Crippen molar-refractivity contribution < 1.29 is 19.4 Å². The third-order valence-corrected chi connectivity index (χ3v) is 5.24. The largest absolute Gasteiger partial charge is 0.483 e. The number of aliphatic hydroxyl groups is 1. The van der Waals surface area contributed by atoms with Gasteiger partial charge in [-0.15, -0.1) is 0 Å². The lowest BCUT2D eigenvalue weighted by Gasteiger charge is -2.24. The Labute approximate surface area is 176 Å². The molecule has 0 bridgehead atoms. The Morgan fingerprint density at radius 1 is 1.07 bits per heavy atom. The fourth-order valence-corrected chi connectivity index (χ4v) is 3.70. The highest BCUT2D eigenvalue weighted by Gasteiger charge is 2.26. The van der Waals surface area contributed by atoms with E-state index in [1.807, 2.05) is 18.3 Å². The van der Waals surface area contributed by atoms with E-state index in [1.54, 1.807) is 6.26 Å². The molecule has 0 fully saturated rings. The Bertz CT molecular complexity index is 545. The fraction of sp³-hybridized carbons (Fsp3) is 0.696. The van der Waals surface area contributed by atoms with E-state index >= 15 is 0 Å². The molecular weight excluding hydrogens is 368 g/mol. The second-order valence-corrected chi connectivity index (χ2v) is 7.77. The number of unbranched alkanes of at least 4 members (excludes halogenated alkanes) is 10. The maximum atomic E-state index is 10.5. The number of rotatable bonds is 14. The molecule has 0 aromatic carbocycles. The fourth-order valence-electron chi connectivity index (χ4n) is 3.70. The molecule has 1 aromatic rings. The summed E-state index contributed by atoms with van der Waals surface area (Å²) in [6, 6.07) is 3.66. The molecule has 0 saturated carbocycles. The van der Waals surface area contributed by atoms with Crippen LogP contribution in [0.2, 0.25) is 0 Å². The number of hydrogen-bond donors (Lipinski definition) is 2. The van der Waals surface area contributed by atoms with E-state index in [1.165, 1.54) is 70.6 Å². The van der Waals surface area contributed by atoms with E-state index in [0.717, 1.165) is 18.9 Å². The second-order valence-electron chi connectivity index (χ2n) is 7.77. The van der Waals surface area contributed by atoms with Crippen molar-refractivity contribution >= 4 is 6.47 Å². The monoisotopic (exact) mass is 408 g/mol. The molecule has 6 heteroatoms. The molecule has 1 aliphatic rings. The first-order valence-corrected chi connectivity index (χ1v) is 11.1. The smallest absolute Gasteiger partial charge is 0.290 e. The number of aliphatic hydroxyl groups excluding tert-OH is 1. The van der Waals surface area contributed by atoms with Gasteiger partial charge in [0.25, 0.3) is 6.47 Å². The summed E-state index contributed by atoms with van der Waals surface area (Å²) in [5, 5.41) is 17.4. The van der Waals surface area contributed by atoms with Crippen LogP contribution >= 0.6 is 0 Å². The zero-order valence-electron chi connectivity index (χ0n) is 18.3. The summed E-state index contributed by atoms with van der Waals surface area (Å²) < 4.78 is 5.37. The summed E-state index contributed by atoms with van der Waals surface area (Å²) in [5.41, 5.74) is 0.953. The molecule has 2 heterocycles. The van der Waals surface area contributed by atoms with Gasteiger partial charge in [0, 0.05) is 19.8 Å². The van der Waals surface area contributed by atoms with Crippen LogP contribution in [0.3, 0.4) is 0 Å². The van der Waals surface area contributed by atoms with Crippen LogP contribution in [0.4, 0.5) is 0 Å². The highest BCUT2D eigenvalue weighted by Crippen LogP contribution is 2.29. The first kappa shape index (κ1) is 25.1. The number of furan rings is 1. The van der Waals surface area contributed by atoms with E-state index in [4.69, 9.17) is 14.3 Å². The first-order valence-electron chi connectivity index (χ1n) is 11.1. The van der Waals surface area contributed by atoms with E-state index in [0.29, 0.717) is 5.76 Å². The number of carbonyl (C=O) groups is 1. The van der Waals surface area contributed by atoms with Gasteiger partial charge in [-0.25, -0.2) is 0 Å². The molecule has 0 aliphatic carbocycles. The van der Waals surface area contributed by atoms with E-state index in [9.17, 15) is 5.11 Å². The number of hydrogen-bond acceptors (Lipinski definition) is 5. The molecule has 2 rings (SSSR count). The molecule has 0 amide bonds. The van der Waals surface area contributed by atoms with Crippen molar-refractivity contribution in [1.82, 2.24) is 9.80 Å². The van der Waals surface area contributed by atoms with Crippen molar-refractivity contribution in [3.8, 4) is 0 Å². The van der Waals surface area contributed by atoms with Gasteiger partial charge in [-0.05, 0) is 18.6 Å². The summed E-state index contributed by atoms with van der Waals surface area (Å²) in [5.74, 6) is 0.621. The predicted octanol–water partition coefficient (Wildman–Crippen LogP) is 5.37. The summed E-state index contributed by atoms with van der Waals surface area (Å²) in [7, 11) is 2.05. The lowest BCUT2D eigenvalue weighted by Crippen LogP contribution is -2.28. The minimum Gasteiger partial charge on any atom is -0.483 e. The molecule has 1 aromatic heterocycles. The molecule has 1 aliphatic heterocycles. The van der Waals surface area contributed by atoms with E-state index in [2.05, 4.69) is 23.8 Å². The zero-order valence-corrected chi connectivity index (χ0v) is 18.3. The van der Waals surface area contributed by atoms with Gasteiger partial charge in [0.1, 0.15) is 5.76 Å². The minimum atomic E-state index is -0.664. The number of nitrogens with zero attached hydrogens (tertiary/aromatic N) is 2. The highest BCUT2D eigenvalue weighted by atomic mass is 16.4. The Kier molecular flexibility index (Phi) is 13.8. The predicted molar refractivity (Wildman–Crippen MR) is 116 cm³/mol. The molecule has 166 valence electrons. The van der Waals surface area contributed by atoms with Crippen LogP contribution < -0.4 is 0 Å². The average Bonchev–Trinajstić information content (AvgIpc) is 3.36. The quantitative estimate of drug-likeness (QED) is 0.318. The Balaban J connectivity index is 0.00000132. The molecule has 29 heavy (non-hydrogen) atoms. The van der Waals surface area contributed by atoms with Gasteiger partial charge in [-0.1, -0.05) is 71.1 Å². The van der Waals surface area contributed by atoms with Crippen molar-refractivity contribution in [3.63, 3.8) is 0 Å². The zero-order chi connectivity index (χ0) is 21.3. The van der Waals surface area contributed by atoms with Gasteiger partial charge in [-0.3, -0.25) is 4.79 Å². The topological polar surface area (TPSA) is 77.2 Å². The molecule has 1 unspecified atom stereocenters. The Morgan fingerprint density at radius 3 is 2.14 bits per heavy atom. The van der Waals surface area contributed by atoms with Crippen molar-refractivity contribution in [3.05, 3.63) is 36.1 Å². The maximum Gasteiger partial charge on any atom is 0.290 e. The molecule has 0 saturated heterocycles. The minimum absolute atomic E-state index is 0.250. The van der Waals surface area contributed by atoms with Gasteiger partial charge in [0.2, 0.25) is 0 Å². The van der Waals surface area contributed by atoms with Crippen LogP contribution in [-0.4, -0.2) is 46.7 Å². The second kappa shape index (κ2) is 15.9. The first-order chi connectivity index (χ1) is 14.1. The summed E-state index contributed by atoms with van der Waals surface area (Å²) in [6.45, 7) is 3.88. The summed E-state index contributed by atoms with van der Waals surface area (Å²) in [6.07, 6.45) is 17.9. The van der Waals surface area contributed by atoms with Gasteiger partial charge in [0.05, 0.1) is 18.6 Å². The SMILES string of the molecule is CCCCCCCCCCCCCN1CN(C)C=C1C(O)c1ccco1.O=CO. The van der Waals surface area contributed by atoms with Gasteiger partial charge in [0.15, 0.2) is 6.10 Å². The van der Waals surface area contributed by atoms with Crippen LogP contribution in [0.1, 0.15) is 89.4 Å².